The van der Waals surface area contributed by atoms with Crippen molar-refractivity contribution in [1.82, 2.24) is 0 Å². The Balaban J connectivity index is 1.95. The molecule has 1 heterocycles. The molecule has 0 N–H and O–H groups in total. The van der Waals surface area contributed by atoms with Crippen molar-refractivity contribution in [2.24, 2.45) is 0 Å². The SMILES string of the molecule is COc1cc(CC(=O)OCc2c(OC(C)C)ccc3c(C)c(C(C)C)c(=O)oc23)cc(OC)c1OC. The van der Waals surface area contributed by atoms with Crippen LogP contribution in [0.1, 0.15) is 55.9 Å². The summed E-state index contributed by atoms with van der Waals surface area (Å²) >= 11 is 0. The number of hydrogen-bond acceptors (Lipinski definition) is 8. The number of carbonyl (C=O) groups is 1. The molecule has 0 aliphatic rings. The van der Waals surface area contributed by atoms with E-state index in [1.165, 1.54) is 21.3 Å². The van der Waals surface area contributed by atoms with Crippen molar-refractivity contribution < 1.29 is 32.9 Å². The lowest BCUT2D eigenvalue weighted by molar-refractivity contribution is -0.144. The fourth-order valence-electron chi connectivity index (χ4n) is 4.25. The first-order valence-electron chi connectivity index (χ1n) is 11.8. The Morgan fingerprint density at radius 1 is 0.944 bits per heavy atom. The zero-order valence-corrected chi connectivity index (χ0v) is 22.1. The fourth-order valence-corrected chi connectivity index (χ4v) is 4.25. The van der Waals surface area contributed by atoms with Gasteiger partial charge in [0.05, 0.1) is 39.4 Å². The predicted octanol–water partition coefficient (Wildman–Crippen LogP) is 5.32. The molecule has 0 bridgehead atoms. The second kappa shape index (κ2) is 11.4. The van der Waals surface area contributed by atoms with Crippen LogP contribution in [-0.4, -0.2) is 33.4 Å². The number of ether oxygens (including phenoxy) is 5. The Bertz CT molecular complexity index is 1280. The third-order valence-corrected chi connectivity index (χ3v) is 5.83. The van der Waals surface area contributed by atoms with E-state index in [4.69, 9.17) is 28.1 Å². The summed E-state index contributed by atoms with van der Waals surface area (Å²) < 4.78 is 33.4. The van der Waals surface area contributed by atoms with E-state index in [1.54, 1.807) is 12.1 Å². The van der Waals surface area contributed by atoms with E-state index in [0.29, 0.717) is 45.3 Å². The van der Waals surface area contributed by atoms with Gasteiger partial charge in [-0.3, -0.25) is 4.79 Å². The topological polar surface area (TPSA) is 93.4 Å². The Morgan fingerprint density at radius 3 is 2.11 bits per heavy atom. The van der Waals surface area contributed by atoms with Gasteiger partial charge in [0.1, 0.15) is 17.9 Å². The normalized spacial score (nSPS) is 11.2. The van der Waals surface area contributed by atoms with E-state index >= 15 is 0 Å². The number of rotatable bonds is 10. The van der Waals surface area contributed by atoms with Crippen LogP contribution in [0.4, 0.5) is 0 Å². The summed E-state index contributed by atoms with van der Waals surface area (Å²) in [6.45, 7) is 9.48. The average Bonchev–Trinajstić information content (AvgIpc) is 2.81. The molecule has 3 rings (SSSR count). The lowest BCUT2D eigenvalue weighted by Gasteiger charge is -2.18. The molecule has 194 valence electrons. The number of carbonyl (C=O) groups excluding carboxylic acids is 1. The van der Waals surface area contributed by atoms with Crippen LogP contribution in [-0.2, 0) is 22.6 Å². The monoisotopic (exact) mass is 498 g/mol. The van der Waals surface area contributed by atoms with Crippen molar-refractivity contribution in [1.29, 1.82) is 0 Å². The quantitative estimate of drug-likeness (QED) is 0.274. The average molecular weight is 499 g/mol. The minimum absolute atomic E-state index is 0.0111. The summed E-state index contributed by atoms with van der Waals surface area (Å²) in [5, 5.41) is 0.782. The van der Waals surface area contributed by atoms with E-state index in [-0.39, 0.29) is 25.0 Å². The molecule has 36 heavy (non-hydrogen) atoms. The molecule has 3 aromatic rings. The molecule has 2 aromatic carbocycles. The minimum Gasteiger partial charge on any atom is -0.493 e. The molecule has 0 spiro atoms. The van der Waals surface area contributed by atoms with E-state index in [0.717, 1.165) is 10.9 Å². The molecule has 0 aliphatic heterocycles. The zero-order chi connectivity index (χ0) is 26.6. The zero-order valence-electron chi connectivity index (χ0n) is 22.1. The second-order valence-electron chi connectivity index (χ2n) is 9.04. The van der Waals surface area contributed by atoms with Crippen molar-refractivity contribution in [3.05, 3.63) is 56.9 Å². The Morgan fingerprint density at radius 2 is 1.58 bits per heavy atom. The summed E-state index contributed by atoms with van der Waals surface area (Å²) in [6, 6.07) is 7.09. The van der Waals surface area contributed by atoms with Crippen molar-refractivity contribution in [3.63, 3.8) is 0 Å². The highest BCUT2D eigenvalue weighted by Gasteiger charge is 2.21. The van der Waals surface area contributed by atoms with Gasteiger partial charge < -0.3 is 28.1 Å². The van der Waals surface area contributed by atoms with Gasteiger partial charge in [-0.25, -0.2) is 4.79 Å². The van der Waals surface area contributed by atoms with Gasteiger partial charge in [0.25, 0.3) is 0 Å². The first-order valence-corrected chi connectivity index (χ1v) is 11.8. The highest BCUT2D eigenvalue weighted by Crippen LogP contribution is 2.38. The summed E-state index contributed by atoms with van der Waals surface area (Å²) in [7, 11) is 4.53. The third-order valence-electron chi connectivity index (χ3n) is 5.83. The standard InChI is InChI=1S/C28H34O8/c1-15(2)25-17(5)19-9-10-21(35-16(3)4)20(26(19)36-28(25)30)14-34-24(29)13-18-11-22(31-6)27(33-8)23(12-18)32-7/h9-12,15-16H,13-14H2,1-8H3. The van der Waals surface area contributed by atoms with Crippen LogP contribution >= 0.6 is 0 Å². The molecule has 8 nitrogen and oxygen atoms in total. The van der Waals surface area contributed by atoms with Crippen molar-refractivity contribution in [3.8, 4) is 23.0 Å². The van der Waals surface area contributed by atoms with E-state index < -0.39 is 11.6 Å². The molecule has 0 atom stereocenters. The molecule has 0 amide bonds. The maximum absolute atomic E-state index is 12.8. The number of hydrogen-bond donors (Lipinski definition) is 0. The highest BCUT2D eigenvalue weighted by atomic mass is 16.5. The smallest absolute Gasteiger partial charge is 0.339 e. The van der Waals surface area contributed by atoms with Crippen molar-refractivity contribution in [2.75, 3.05) is 21.3 Å². The number of esters is 1. The molecule has 0 saturated heterocycles. The fraction of sp³-hybridized carbons (Fsp3) is 0.429. The lowest BCUT2D eigenvalue weighted by Crippen LogP contribution is -2.15. The van der Waals surface area contributed by atoms with Gasteiger partial charge in [-0.15, -0.1) is 0 Å². The molecule has 0 aliphatic carbocycles. The second-order valence-corrected chi connectivity index (χ2v) is 9.04. The van der Waals surface area contributed by atoms with Crippen molar-refractivity contribution >= 4 is 16.9 Å². The van der Waals surface area contributed by atoms with Gasteiger partial charge in [0.15, 0.2) is 11.5 Å². The molecular weight excluding hydrogens is 464 g/mol. The minimum atomic E-state index is -0.477. The predicted molar refractivity (Wildman–Crippen MR) is 137 cm³/mol. The highest BCUT2D eigenvalue weighted by molar-refractivity contribution is 5.86. The van der Waals surface area contributed by atoms with Crippen LogP contribution in [0.2, 0.25) is 0 Å². The van der Waals surface area contributed by atoms with Crippen LogP contribution in [0.3, 0.4) is 0 Å². The van der Waals surface area contributed by atoms with Gasteiger partial charge in [-0.2, -0.15) is 0 Å². The third kappa shape index (κ3) is 5.58. The molecular formula is C28H34O8. The molecule has 0 fully saturated rings. The van der Waals surface area contributed by atoms with Gasteiger partial charge in [0, 0.05) is 10.9 Å². The van der Waals surface area contributed by atoms with E-state index in [1.807, 2.05) is 46.8 Å². The Hall–Kier alpha value is -3.68. The molecule has 8 heteroatoms. The van der Waals surface area contributed by atoms with Crippen LogP contribution in [0.15, 0.2) is 33.5 Å². The van der Waals surface area contributed by atoms with Crippen LogP contribution in [0.25, 0.3) is 11.0 Å². The Kier molecular flexibility index (Phi) is 8.50. The lowest BCUT2D eigenvalue weighted by atomic mass is 9.96. The summed E-state index contributed by atoms with van der Waals surface area (Å²) in [4.78, 5) is 25.6. The van der Waals surface area contributed by atoms with Gasteiger partial charge >= 0.3 is 11.6 Å². The van der Waals surface area contributed by atoms with E-state index in [2.05, 4.69) is 0 Å². The first kappa shape index (κ1) is 26.9. The molecule has 0 unspecified atom stereocenters. The van der Waals surface area contributed by atoms with Gasteiger partial charge in [-0.1, -0.05) is 13.8 Å². The summed E-state index contributed by atoms with van der Waals surface area (Å²) in [5.41, 5.74) is 2.58. The number of benzene rings is 2. The Labute approximate surface area is 211 Å². The number of fused-ring (bicyclic) bond motifs is 1. The van der Waals surface area contributed by atoms with Gasteiger partial charge in [0.2, 0.25) is 5.75 Å². The maximum Gasteiger partial charge on any atom is 0.339 e. The first-order chi connectivity index (χ1) is 17.1. The van der Waals surface area contributed by atoms with Crippen LogP contribution in [0, 0.1) is 6.92 Å². The number of methoxy groups -OCH3 is 3. The molecule has 0 saturated carbocycles. The molecule has 0 radical (unpaired) electrons. The van der Waals surface area contributed by atoms with Crippen molar-refractivity contribution in [2.45, 2.75) is 59.7 Å². The van der Waals surface area contributed by atoms with E-state index in [9.17, 15) is 9.59 Å². The summed E-state index contributed by atoms with van der Waals surface area (Å²) in [5.74, 6) is 1.36. The van der Waals surface area contributed by atoms with Crippen LogP contribution in [0.5, 0.6) is 23.0 Å². The number of aryl methyl sites for hydroxylation is 1. The summed E-state index contributed by atoms with van der Waals surface area (Å²) in [6.07, 6.45) is -0.152. The van der Waals surface area contributed by atoms with Crippen LogP contribution < -0.4 is 24.6 Å². The molecule has 1 aromatic heterocycles. The maximum atomic E-state index is 12.8. The van der Waals surface area contributed by atoms with Gasteiger partial charge in [-0.05, 0) is 62.1 Å². The largest absolute Gasteiger partial charge is 0.493 e.